The molecule has 2 aromatic carbocycles. The normalized spacial score (nSPS) is 17.3. The first-order valence-corrected chi connectivity index (χ1v) is 28.7. The molecule has 7 aliphatic heterocycles. The summed E-state index contributed by atoms with van der Waals surface area (Å²) in [5, 5.41) is 9.20. The first-order chi connectivity index (χ1) is 39.7. The average Bonchev–Trinajstić information content (AvgIpc) is 4.30. The zero-order valence-electron chi connectivity index (χ0n) is 46.8. The number of methoxy groups -OCH3 is 1. The summed E-state index contributed by atoms with van der Waals surface area (Å²) in [5.41, 5.74) is 13.2. The Kier molecular flexibility index (Phi) is 13.8. The van der Waals surface area contributed by atoms with Crippen molar-refractivity contribution in [1.82, 2.24) is 33.4 Å². The van der Waals surface area contributed by atoms with Gasteiger partial charge in [-0.15, -0.1) is 0 Å². The number of ether oxygens (including phenoxy) is 2. The van der Waals surface area contributed by atoms with Gasteiger partial charge in [0.2, 0.25) is 17.7 Å². The Morgan fingerprint density at radius 3 is 1.68 bits per heavy atom. The van der Waals surface area contributed by atoms with E-state index in [0.29, 0.717) is 89.4 Å². The van der Waals surface area contributed by atoms with E-state index in [-0.39, 0.29) is 71.8 Å². The quantitative estimate of drug-likeness (QED) is 0.127. The fourth-order valence-electron chi connectivity index (χ4n) is 13.6. The number of pyridine rings is 4. The zero-order chi connectivity index (χ0) is 56.5. The summed E-state index contributed by atoms with van der Waals surface area (Å²) >= 11 is 0. The molecule has 6 aromatic rings. The van der Waals surface area contributed by atoms with Crippen LogP contribution in [0.15, 0.2) is 93.5 Å². The average molecular weight is 1110 g/mol. The van der Waals surface area contributed by atoms with E-state index in [1.807, 2.05) is 39.8 Å². The Morgan fingerprint density at radius 2 is 1.09 bits per heavy atom. The fourth-order valence-corrected chi connectivity index (χ4v) is 13.6. The Balaban J connectivity index is 0.707. The van der Waals surface area contributed by atoms with Crippen molar-refractivity contribution in [3.63, 3.8) is 0 Å². The third kappa shape index (κ3) is 10.0. The van der Waals surface area contributed by atoms with Crippen molar-refractivity contribution in [2.24, 2.45) is 24.8 Å². The second-order valence-corrected chi connectivity index (χ2v) is 23.7. The van der Waals surface area contributed by atoms with Crippen LogP contribution in [0, 0.1) is 36.0 Å². The summed E-state index contributed by atoms with van der Waals surface area (Å²) < 4.78 is 16.2. The van der Waals surface area contributed by atoms with Gasteiger partial charge in [-0.1, -0.05) is 6.07 Å². The fraction of sp³-hybridized carbons (Fsp3) is 0.429. The number of nitriles is 1. The van der Waals surface area contributed by atoms with Gasteiger partial charge in [0, 0.05) is 169 Å². The smallest absolute Gasteiger partial charge is 0.251 e. The van der Waals surface area contributed by atoms with Gasteiger partial charge in [0.1, 0.15) is 5.75 Å². The van der Waals surface area contributed by atoms with E-state index < -0.39 is 0 Å². The van der Waals surface area contributed by atoms with Crippen molar-refractivity contribution in [3.8, 4) is 11.8 Å². The minimum Gasteiger partial charge on any atom is -0.495 e. The summed E-state index contributed by atoms with van der Waals surface area (Å²) in [6, 6.07) is 23.0. The van der Waals surface area contributed by atoms with Crippen LogP contribution in [0.3, 0.4) is 0 Å². The molecule has 0 aliphatic carbocycles. The molecule has 0 spiro atoms. The SMILES string of the molecule is COc1cncc(N2CC(CC(=O)N3Cc4c(C)cc(=O)n(CCc5cc(=O)n(CCc6cc(=O)n(C)c7c6CN(C(=O)CC6CN(c8ccc(C#N)cc8)C6)C7)c6c5CN(C(=O)CC5CN(c7ccc8c(c7)COC8)C5)C6)c4C3)C2)c1. The maximum Gasteiger partial charge on any atom is 0.251 e. The number of nitrogens with zero attached hydrogens (tertiary/aromatic N) is 11. The summed E-state index contributed by atoms with van der Waals surface area (Å²) in [6.07, 6.45) is 5.37. The van der Waals surface area contributed by atoms with Crippen LogP contribution in [0.4, 0.5) is 17.1 Å². The molecular formula is C63H67N11O8. The highest BCUT2D eigenvalue weighted by atomic mass is 16.5. The molecule has 0 unspecified atom stereocenters. The molecule has 11 heterocycles. The largest absolute Gasteiger partial charge is 0.495 e. The number of hydrogen-bond acceptors (Lipinski definition) is 13. The van der Waals surface area contributed by atoms with Crippen LogP contribution in [0.2, 0.25) is 0 Å². The van der Waals surface area contributed by atoms with Crippen LogP contribution in [-0.4, -0.2) is 97.5 Å². The summed E-state index contributed by atoms with van der Waals surface area (Å²) in [4.78, 5) is 101. The third-order valence-electron chi connectivity index (χ3n) is 18.5. The molecule has 19 nitrogen and oxygen atoms in total. The number of benzene rings is 2. The van der Waals surface area contributed by atoms with Crippen LogP contribution in [0.5, 0.6) is 5.75 Å². The molecule has 4 aromatic heterocycles. The molecule has 0 atom stereocenters. The molecule has 422 valence electrons. The third-order valence-corrected chi connectivity index (χ3v) is 18.5. The molecule has 7 aliphatic rings. The van der Waals surface area contributed by atoms with Gasteiger partial charge < -0.3 is 52.6 Å². The van der Waals surface area contributed by atoms with Crippen molar-refractivity contribution >= 4 is 34.8 Å². The van der Waals surface area contributed by atoms with Crippen molar-refractivity contribution in [2.45, 2.75) is 105 Å². The van der Waals surface area contributed by atoms with Crippen LogP contribution in [0.25, 0.3) is 0 Å². The summed E-state index contributed by atoms with van der Waals surface area (Å²) in [5.74, 6) is 1.34. The molecule has 3 fully saturated rings. The standard InChI is InChI=1S/C63H67N11O8/c1-39-14-62(79)73(56-35-70(31-52(39)56)59(76)17-43-29-69(30-43)50-21-51(81-3)24-65-23-50)12-11-45-20-63(80)74(57-36-72(33-54(45)57)61(78)16-42-27-68(28-42)49-9-6-46-37-82-38-47(46)18-49)13-10-44-19-58(75)66(2)55-34-71(32-53(44)55)60(77)15-41-25-67(26-41)48-7-4-40(22-64)5-8-48/h4-9,14,18-21,23-24,41-43H,10-13,15-17,25-38H2,1-3H3. The maximum atomic E-state index is 14.6. The van der Waals surface area contributed by atoms with Crippen LogP contribution < -0.4 is 36.1 Å². The number of carbonyl (C=O) groups excluding carboxylic acids is 3. The monoisotopic (exact) mass is 1110 g/mol. The molecule has 19 heteroatoms. The highest BCUT2D eigenvalue weighted by molar-refractivity contribution is 5.79. The Morgan fingerprint density at radius 1 is 0.585 bits per heavy atom. The topological polar surface area (TPSA) is 192 Å². The molecule has 0 N–H and O–H groups in total. The lowest BCUT2D eigenvalue weighted by atomic mass is 9.94. The van der Waals surface area contributed by atoms with E-state index in [1.165, 1.54) is 11.1 Å². The van der Waals surface area contributed by atoms with Gasteiger partial charge in [-0.05, 0) is 101 Å². The van der Waals surface area contributed by atoms with Gasteiger partial charge in [0.25, 0.3) is 16.7 Å². The molecule has 0 saturated carbocycles. The van der Waals surface area contributed by atoms with Crippen LogP contribution in [0.1, 0.15) is 86.4 Å². The number of aromatic nitrogens is 4. The molecule has 3 amide bonds. The number of carbonyl (C=O) groups is 3. The highest BCUT2D eigenvalue weighted by Crippen LogP contribution is 2.36. The van der Waals surface area contributed by atoms with Crippen molar-refractivity contribution in [1.29, 1.82) is 5.26 Å². The Hall–Kier alpha value is -8.50. The zero-order valence-corrected chi connectivity index (χ0v) is 46.8. The van der Waals surface area contributed by atoms with Gasteiger partial charge in [0.15, 0.2) is 0 Å². The lowest BCUT2D eigenvalue weighted by Crippen LogP contribution is -2.48. The van der Waals surface area contributed by atoms with E-state index in [2.05, 4.69) is 44.0 Å². The predicted molar refractivity (Wildman–Crippen MR) is 306 cm³/mol. The van der Waals surface area contributed by atoms with Crippen LogP contribution in [-0.2, 0) is 105 Å². The van der Waals surface area contributed by atoms with E-state index in [0.717, 1.165) is 107 Å². The van der Waals surface area contributed by atoms with E-state index in [9.17, 15) is 34.0 Å². The van der Waals surface area contributed by atoms with E-state index in [4.69, 9.17) is 9.47 Å². The Bertz CT molecular complexity index is 3810. The van der Waals surface area contributed by atoms with E-state index >= 15 is 0 Å². The molecular weight excluding hydrogens is 1040 g/mol. The summed E-state index contributed by atoms with van der Waals surface area (Å²) in [7, 11) is 3.36. The second-order valence-electron chi connectivity index (χ2n) is 23.7. The first-order valence-electron chi connectivity index (χ1n) is 28.7. The van der Waals surface area contributed by atoms with Gasteiger partial charge in [-0.2, -0.15) is 5.26 Å². The number of rotatable bonds is 16. The van der Waals surface area contributed by atoms with E-state index in [1.54, 1.807) is 70.6 Å². The number of aryl methyl sites for hydroxylation is 3. The lowest BCUT2D eigenvalue weighted by Gasteiger charge is -2.41. The Labute approximate surface area is 475 Å². The minimum atomic E-state index is -0.222. The predicted octanol–water partition coefficient (Wildman–Crippen LogP) is 4.91. The molecule has 13 rings (SSSR count). The van der Waals surface area contributed by atoms with Gasteiger partial charge in [-0.25, -0.2) is 0 Å². The highest BCUT2D eigenvalue weighted by Gasteiger charge is 2.38. The molecule has 3 saturated heterocycles. The molecule has 82 heavy (non-hydrogen) atoms. The van der Waals surface area contributed by atoms with Gasteiger partial charge >= 0.3 is 0 Å². The first kappa shape index (κ1) is 52.8. The van der Waals surface area contributed by atoms with Crippen molar-refractivity contribution in [2.75, 3.05) is 61.1 Å². The second kappa shape index (κ2) is 21.4. The van der Waals surface area contributed by atoms with Gasteiger partial charge in [0.05, 0.1) is 69.7 Å². The number of fused-ring (bicyclic) bond motifs is 4. The van der Waals surface area contributed by atoms with Crippen molar-refractivity contribution in [3.05, 3.63) is 177 Å². The van der Waals surface area contributed by atoms with Crippen LogP contribution >= 0.6 is 0 Å². The maximum absolute atomic E-state index is 14.6. The molecule has 0 bridgehead atoms. The van der Waals surface area contributed by atoms with Crippen molar-refractivity contribution < 1.29 is 23.9 Å². The number of amides is 3. The molecule has 0 radical (unpaired) electrons. The number of anilines is 3. The lowest BCUT2D eigenvalue weighted by molar-refractivity contribution is -0.133. The minimum absolute atomic E-state index is 0.0235. The summed E-state index contributed by atoms with van der Waals surface area (Å²) in [6.45, 7) is 10.3. The number of hydrogen-bond donors (Lipinski definition) is 0. The van der Waals surface area contributed by atoms with Gasteiger partial charge in [-0.3, -0.25) is 33.8 Å².